The van der Waals surface area contributed by atoms with Crippen LogP contribution >= 0.6 is 23.2 Å². The SMILES string of the molecule is CC(C)(C)OC(=O)N1CCN(C2(C(=O)O)Cc3cc(Cl)c(Cl)cc3C2)CC1. The number of piperazine rings is 1. The average molecular weight is 415 g/mol. The quantitative estimate of drug-likeness (QED) is 0.801. The zero-order valence-electron chi connectivity index (χ0n) is 15.7. The van der Waals surface area contributed by atoms with Gasteiger partial charge in [-0.25, -0.2) is 4.79 Å². The number of rotatable bonds is 2. The molecule has 1 N–H and O–H groups in total. The normalized spacial score (nSPS) is 19.7. The standard InChI is InChI=1S/C19H24Cl2N2O4/c1-18(2,3)27-17(26)22-4-6-23(7-5-22)19(16(24)25)10-12-8-14(20)15(21)9-13(12)11-19/h8-9H,4-7,10-11H2,1-3H3,(H,24,25). The highest BCUT2D eigenvalue weighted by atomic mass is 35.5. The van der Waals surface area contributed by atoms with Gasteiger partial charge in [0.2, 0.25) is 0 Å². The third kappa shape index (κ3) is 4.03. The first kappa shape index (κ1) is 20.2. The molecule has 1 saturated heterocycles. The van der Waals surface area contributed by atoms with E-state index in [9.17, 15) is 14.7 Å². The van der Waals surface area contributed by atoms with Crippen molar-refractivity contribution in [1.82, 2.24) is 9.80 Å². The van der Waals surface area contributed by atoms with Crippen molar-refractivity contribution in [2.24, 2.45) is 0 Å². The van der Waals surface area contributed by atoms with Crippen LogP contribution in [0.25, 0.3) is 0 Å². The van der Waals surface area contributed by atoms with Crippen molar-refractivity contribution in [3.05, 3.63) is 33.3 Å². The lowest BCUT2D eigenvalue weighted by Crippen LogP contribution is -2.62. The molecule has 1 amide bonds. The van der Waals surface area contributed by atoms with Crippen molar-refractivity contribution in [1.29, 1.82) is 0 Å². The monoisotopic (exact) mass is 414 g/mol. The van der Waals surface area contributed by atoms with Crippen LogP contribution < -0.4 is 0 Å². The van der Waals surface area contributed by atoms with Crippen molar-refractivity contribution in [3.63, 3.8) is 0 Å². The number of hydrogen-bond donors (Lipinski definition) is 1. The molecule has 1 aliphatic heterocycles. The summed E-state index contributed by atoms with van der Waals surface area (Å²) in [4.78, 5) is 28.1. The van der Waals surface area contributed by atoms with Crippen molar-refractivity contribution in [2.75, 3.05) is 26.2 Å². The molecule has 148 valence electrons. The number of fused-ring (bicyclic) bond motifs is 1. The lowest BCUT2D eigenvalue weighted by atomic mass is 9.92. The highest BCUT2D eigenvalue weighted by Crippen LogP contribution is 2.39. The fourth-order valence-corrected chi connectivity index (χ4v) is 4.18. The topological polar surface area (TPSA) is 70.1 Å². The molecule has 0 aromatic heterocycles. The number of benzene rings is 1. The smallest absolute Gasteiger partial charge is 0.410 e. The number of carboxylic acids is 1. The maximum absolute atomic E-state index is 12.3. The van der Waals surface area contributed by atoms with Crippen LogP contribution in [0.15, 0.2) is 12.1 Å². The van der Waals surface area contributed by atoms with Gasteiger partial charge in [-0.15, -0.1) is 0 Å². The van der Waals surface area contributed by atoms with Gasteiger partial charge in [0, 0.05) is 39.0 Å². The summed E-state index contributed by atoms with van der Waals surface area (Å²) in [5, 5.41) is 10.9. The molecule has 1 aromatic rings. The molecule has 1 aliphatic carbocycles. The van der Waals surface area contributed by atoms with Gasteiger partial charge in [-0.3, -0.25) is 9.69 Å². The molecule has 3 rings (SSSR count). The molecule has 1 aromatic carbocycles. The summed E-state index contributed by atoms with van der Waals surface area (Å²) in [5.74, 6) is -0.864. The third-order valence-corrected chi connectivity index (χ3v) is 5.87. The maximum atomic E-state index is 12.3. The van der Waals surface area contributed by atoms with E-state index in [1.807, 2.05) is 25.7 Å². The minimum atomic E-state index is -1.03. The Labute approximate surface area is 169 Å². The van der Waals surface area contributed by atoms with E-state index in [-0.39, 0.29) is 6.09 Å². The zero-order valence-corrected chi connectivity index (χ0v) is 17.2. The molecule has 2 aliphatic rings. The van der Waals surface area contributed by atoms with Gasteiger partial charge in [-0.2, -0.15) is 0 Å². The lowest BCUT2D eigenvalue weighted by molar-refractivity contribution is -0.152. The van der Waals surface area contributed by atoms with E-state index < -0.39 is 17.1 Å². The molecule has 1 fully saturated rings. The van der Waals surface area contributed by atoms with Gasteiger partial charge in [0.05, 0.1) is 10.0 Å². The van der Waals surface area contributed by atoms with E-state index in [0.717, 1.165) is 11.1 Å². The number of halogens is 2. The molecule has 1 heterocycles. The van der Waals surface area contributed by atoms with Crippen LogP contribution in [0.1, 0.15) is 31.9 Å². The molecule has 6 nitrogen and oxygen atoms in total. The Bertz CT molecular complexity index is 737. The number of amides is 1. The van der Waals surface area contributed by atoms with Crippen LogP contribution in [0.3, 0.4) is 0 Å². The second kappa shape index (κ2) is 7.15. The van der Waals surface area contributed by atoms with Gasteiger partial charge in [-0.05, 0) is 44.0 Å². The number of ether oxygens (including phenoxy) is 1. The Hall–Kier alpha value is -1.50. The summed E-state index contributed by atoms with van der Waals surface area (Å²) in [6.07, 6.45) is 0.391. The number of nitrogens with zero attached hydrogens (tertiary/aromatic N) is 2. The maximum Gasteiger partial charge on any atom is 0.410 e. The van der Waals surface area contributed by atoms with E-state index in [2.05, 4.69) is 0 Å². The van der Waals surface area contributed by atoms with E-state index in [1.54, 1.807) is 17.0 Å². The molecule has 0 saturated carbocycles. The number of carbonyl (C=O) groups is 2. The van der Waals surface area contributed by atoms with Gasteiger partial charge in [-0.1, -0.05) is 23.2 Å². The lowest BCUT2D eigenvalue weighted by Gasteiger charge is -2.43. The number of carbonyl (C=O) groups excluding carboxylic acids is 1. The van der Waals surface area contributed by atoms with Crippen LogP contribution in [0.4, 0.5) is 4.79 Å². The fraction of sp³-hybridized carbons (Fsp3) is 0.579. The molecule has 0 spiro atoms. The Morgan fingerprint density at radius 3 is 1.93 bits per heavy atom. The Balaban J connectivity index is 1.74. The molecule has 0 radical (unpaired) electrons. The van der Waals surface area contributed by atoms with E-state index >= 15 is 0 Å². The van der Waals surface area contributed by atoms with Gasteiger partial charge in [0.25, 0.3) is 0 Å². The van der Waals surface area contributed by atoms with Crippen LogP contribution in [-0.4, -0.2) is 64.3 Å². The van der Waals surface area contributed by atoms with Crippen LogP contribution in [0, 0.1) is 0 Å². The van der Waals surface area contributed by atoms with Crippen LogP contribution in [0.5, 0.6) is 0 Å². The van der Waals surface area contributed by atoms with E-state index in [1.165, 1.54) is 0 Å². The molecular weight excluding hydrogens is 391 g/mol. The number of carboxylic acid groups (broad SMARTS) is 1. The summed E-state index contributed by atoms with van der Waals surface area (Å²) in [5.41, 5.74) is 0.251. The van der Waals surface area contributed by atoms with Gasteiger partial charge in [0.1, 0.15) is 11.1 Å². The van der Waals surface area contributed by atoms with E-state index in [0.29, 0.717) is 49.1 Å². The van der Waals surface area contributed by atoms with Crippen LogP contribution in [-0.2, 0) is 22.4 Å². The molecule has 0 atom stereocenters. The minimum Gasteiger partial charge on any atom is -0.480 e. The molecule has 0 unspecified atom stereocenters. The molecule has 27 heavy (non-hydrogen) atoms. The zero-order chi connectivity index (χ0) is 20.0. The van der Waals surface area contributed by atoms with Gasteiger partial charge < -0.3 is 14.7 Å². The fourth-order valence-electron chi connectivity index (χ4n) is 3.80. The predicted molar refractivity (Wildman–Crippen MR) is 104 cm³/mol. The van der Waals surface area contributed by atoms with Crippen molar-refractivity contribution >= 4 is 35.3 Å². The highest BCUT2D eigenvalue weighted by Gasteiger charge is 2.50. The van der Waals surface area contributed by atoms with Crippen LogP contribution in [0.2, 0.25) is 10.0 Å². The first-order chi connectivity index (χ1) is 12.5. The summed E-state index contributed by atoms with van der Waals surface area (Å²) < 4.78 is 5.41. The summed E-state index contributed by atoms with van der Waals surface area (Å²) in [6.45, 7) is 7.29. The molecule has 0 bridgehead atoms. The summed E-state index contributed by atoms with van der Waals surface area (Å²) in [6, 6.07) is 3.53. The van der Waals surface area contributed by atoms with Gasteiger partial charge in [0.15, 0.2) is 0 Å². The van der Waals surface area contributed by atoms with Gasteiger partial charge >= 0.3 is 12.1 Å². The van der Waals surface area contributed by atoms with Crippen molar-refractivity contribution < 1.29 is 19.4 Å². The molecular formula is C19H24Cl2N2O4. The van der Waals surface area contributed by atoms with Crippen molar-refractivity contribution in [2.45, 2.75) is 44.8 Å². The second-order valence-electron chi connectivity index (χ2n) is 8.18. The Kier molecular flexibility index (Phi) is 5.36. The highest BCUT2D eigenvalue weighted by molar-refractivity contribution is 6.42. The number of aliphatic carboxylic acids is 1. The molecule has 8 heteroatoms. The average Bonchev–Trinajstić information content (AvgIpc) is 2.93. The summed E-state index contributed by atoms with van der Waals surface area (Å²) in [7, 11) is 0. The first-order valence-electron chi connectivity index (χ1n) is 8.95. The first-order valence-corrected chi connectivity index (χ1v) is 9.71. The van der Waals surface area contributed by atoms with Crippen molar-refractivity contribution in [3.8, 4) is 0 Å². The minimum absolute atomic E-state index is 0.361. The Morgan fingerprint density at radius 1 is 1.04 bits per heavy atom. The van der Waals surface area contributed by atoms with E-state index in [4.69, 9.17) is 27.9 Å². The Morgan fingerprint density at radius 2 is 1.52 bits per heavy atom. The number of hydrogen-bond acceptors (Lipinski definition) is 4. The summed E-state index contributed by atoms with van der Waals surface area (Å²) >= 11 is 12.2. The third-order valence-electron chi connectivity index (χ3n) is 5.14. The largest absolute Gasteiger partial charge is 0.480 e. The predicted octanol–water partition coefficient (Wildman–Crippen LogP) is 3.47. The second-order valence-corrected chi connectivity index (χ2v) is 8.99.